The van der Waals surface area contributed by atoms with Crippen LogP contribution in [0.5, 0.6) is 0 Å². The van der Waals surface area contributed by atoms with E-state index in [2.05, 4.69) is 0 Å². The second-order valence-electron chi connectivity index (χ2n) is 4.72. The number of nitrogens with one attached hydrogen (secondary N) is 1. The minimum atomic E-state index is -4.35. The van der Waals surface area contributed by atoms with Gasteiger partial charge in [-0.3, -0.25) is 4.79 Å². The Hall–Kier alpha value is -1.84. The van der Waals surface area contributed by atoms with Gasteiger partial charge in [-0.1, -0.05) is 12.1 Å². The van der Waals surface area contributed by atoms with Crippen LogP contribution in [0.4, 0.5) is 8.78 Å². The molecular weight excluding hydrogens is 348 g/mol. The van der Waals surface area contributed by atoms with Crippen molar-refractivity contribution in [2.75, 3.05) is 6.54 Å². The number of rotatable bonds is 7. The van der Waals surface area contributed by atoms with Crippen LogP contribution in [-0.2, 0) is 21.2 Å². The van der Waals surface area contributed by atoms with Gasteiger partial charge in [-0.15, -0.1) is 11.3 Å². The van der Waals surface area contributed by atoms with Crippen LogP contribution in [0, 0.1) is 17.6 Å². The maximum absolute atomic E-state index is 13.6. The molecular formula is C14H13F2NO4S2. The number of sulfonamides is 1. The van der Waals surface area contributed by atoms with E-state index in [-0.39, 0.29) is 6.42 Å². The Labute approximate surface area is 135 Å². The highest BCUT2D eigenvalue weighted by molar-refractivity contribution is 7.89. The molecule has 0 aliphatic heterocycles. The minimum absolute atomic E-state index is 0.140. The van der Waals surface area contributed by atoms with Crippen molar-refractivity contribution in [1.29, 1.82) is 0 Å². The van der Waals surface area contributed by atoms with Gasteiger partial charge in [0.2, 0.25) is 10.0 Å². The Balaban J connectivity index is 2.13. The fourth-order valence-corrected chi connectivity index (χ4v) is 3.85. The zero-order valence-electron chi connectivity index (χ0n) is 11.7. The van der Waals surface area contributed by atoms with Crippen molar-refractivity contribution >= 4 is 27.3 Å². The Morgan fingerprint density at radius 2 is 2.00 bits per heavy atom. The van der Waals surface area contributed by atoms with E-state index in [4.69, 9.17) is 0 Å². The lowest BCUT2D eigenvalue weighted by atomic mass is 10.1. The second kappa shape index (κ2) is 7.16. The second-order valence-corrected chi connectivity index (χ2v) is 7.49. The van der Waals surface area contributed by atoms with E-state index in [9.17, 15) is 27.1 Å². The first-order chi connectivity index (χ1) is 10.8. The number of halogens is 2. The lowest BCUT2D eigenvalue weighted by Crippen LogP contribution is -2.34. The van der Waals surface area contributed by atoms with E-state index in [0.717, 1.165) is 23.1 Å². The third-order valence-electron chi connectivity index (χ3n) is 3.10. The predicted molar refractivity (Wildman–Crippen MR) is 80.7 cm³/mol. The number of aliphatic carboxylic acids is 1. The monoisotopic (exact) mass is 361 g/mol. The maximum atomic E-state index is 13.6. The van der Waals surface area contributed by atoms with Crippen LogP contribution < -0.4 is 4.72 Å². The molecule has 1 atom stereocenters. The summed E-state index contributed by atoms with van der Waals surface area (Å²) in [6, 6.07) is 6.26. The van der Waals surface area contributed by atoms with E-state index in [1.165, 1.54) is 11.3 Å². The molecule has 23 heavy (non-hydrogen) atoms. The van der Waals surface area contributed by atoms with Gasteiger partial charge in [-0.25, -0.2) is 21.9 Å². The lowest BCUT2D eigenvalue weighted by Gasteiger charge is -2.13. The SMILES string of the molecule is O=C(O)[C@@H](CNS(=O)(=O)c1cccc(F)c1F)Cc1cccs1. The molecule has 2 rings (SSSR count). The highest BCUT2D eigenvalue weighted by atomic mass is 32.2. The Bertz CT molecular complexity index is 791. The van der Waals surface area contributed by atoms with Crippen molar-refractivity contribution < 1.29 is 27.1 Å². The maximum Gasteiger partial charge on any atom is 0.308 e. The first kappa shape index (κ1) is 17.5. The summed E-state index contributed by atoms with van der Waals surface area (Å²) in [5, 5.41) is 11.0. The van der Waals surface area contributed by atoms with Crippen LogP contribution in [0.3, 0.4) is 0 Å². The van der Waals surface area contributed by atoms with Crippen molar-refractivity contribution in [1.82, 2.24) is 4.72 Å². The number of carbonyl (C=O) groups is 1. The van der Waals surface area contributed by atoms with Crippen molar-refractivity contribution in [3.05, 3.63) is 52.2 Å². The summed E-state index contributed by atoms with van der Waals surface area (Å²) in [6.07, 6.45) is 0.140. The number of hydrogen-bond acceptors (Lipinski definition) is 4. The summed E-state index contributed by atoms with van der Waals surface area (Å²) in [4.78, 5) is 11.2. The molecule has 9 heteroatoms. The van der Waals surface area contributed by atoms with Crippen LogP contribution in [0.1, 0.15) is 4.88 Å². The standard InChI is InChI=1S/C14H13F2NO4S2/c15-11-4-1-5-12(13(11)16)23(20,21)17-8-9(14(18)19)7-10-3-2-6-22-10/h1-6,9,17H,7-8H2,(H,18,19)/t9-/m1/s1. The fourth-order valence-electron chi connectivity index (χ4n) is 1.90. The largest absolute Gasteiger partial charge is 0.481 e. The number of hydrogen-bond donors (Lipinski definition) is 2. The topological polar surface area (TPSA) is 83.5 Å². The summed E-state index contributed by atoms with van der Waals surface area (Å²) in [6.45, 7) is -0.425. The molecule has 0 fully saturated rings. The smallest absolute Gasteiger partial charge is 0.308 e. The van der Waals surface area contributed by atoms with Gasteiger partial charge in [0.15, 0.2) is 11.6 Å². The van der Waals surface area contributed by atoms with Crippen LogP contribution in [0.25, 0.3) is 0 Å². The van der Waals surface area contributed by atoms with Gasteiger partial charge in [0, 0.05) is 11.4 Å². The van der Waals surface area contributed by atoms with Gasteiger partial charge in [0.05, 0.1) is 5.92 Å². The normalized spacial score (nSPS) is 13.0. The quantitative estimate of drug-likeness (QED) is 0.792. The molecule has 1 aromatic carbocycles. The van der Waals surface area contributed by atoms with E-state index >= 15 is 0 Å². The average molecular weight is 361 g/mol. The predicted octanol–water partition coefficient (Wildman–Crippen LogP) is 2.25. The zero-order chi connectivity index (χ0) is 17.0. The molecule has 0 aliphatic carbocycles. The Morgan fingerprint density at radius 1 is 1.26 bits per heavy atom. The van der Waals surface area contributed by atoms with E-state index in [1.807, 2.05) is 4.72 Å². The van der Waals surface area contributed by atoms with Gasteiger partial charge >= 0.3 is 5.97 Å². The van der Waals surface area contributed by atoms with E-state index in [0.29, 0.717) is 0 Å². The molecule has 124 valence electrons. The first-order valence-electron chi connectivity index (χ1n) is 6.50. The third-order valence-corrected chi connectivity index (χ3v) is 5.44. The van der Waals surface area contributed by atoms with E-state index in [1.54, 1.807) is 17.5 Å². The Morgan fingerprint density at radius 3 is 2.61 bits per heavy atom. The van der Waals surface area contributed by atoms with Crippen LogP contribution in [-0.4, -0.2) is 26.0 Å². The minimum Gasteiger partial charge on any atom is -0.481 e. The highest BCUT2D eigenvalue weighted by Gasteiger charge is 2.25. The highest BCUT2D eigenvalue weighted by Crippen LogP contribution is 2.18. The van der Waals surface area contributed by atoms with Gasteiger partial charge in [0.25, 0.3) is 0 Å². The van der Waals surface area contributed by atoms with Crippen LogP contribution >= 0.6 is 11.3 Å². The molecule has 0 saturated heterocycles. The van der Waals surface area contributed by atoms with Crippen molar-refractivity contribution in [2.24, 2.45) is 5.92 Å². The van der Waals surface area contributed by atoms with Gasteiger partial charge in [-0.05, 0) is 30.0 Å². The molecule has 5 nitrogen and oxygen atoms in total. The molecule has 0 spiro atoms. The average Bonchev–Trinajstić information content (AvgIpc) is 2.99. The first-order valence-corrected chi connectivity index (χ1v) is 8.86. The third kappa shape index (κ3) is 4.34. The number of carboxylic acid groups (broad SMARTS) is 1. The summed E-state index contributed by atoms with van der Waals surface area (Å²) >= 11 is 1.35. The van der Waals surface area contributed by atoms with E-state index < -0.39 is 45.0 Å². The van der Waals surface area contributed by atoms with Crippen LogP contribution in [0.2, 0.25) is 0 Å². The molecule has 0 amide bonds. The molecule has 2 aromatic rings. The van der Waals surface area contributed by atoms with Gasteiger partial charge < -0.3 is 5.11 Å². The number of benzene rings is 1. The number of carboxylic acids is 1. The van der Waals surface area contributed by atoms with Crippen molar-refractivity contribution in [3.8, 4) is 0 Å². The molecule has 1 aromatic heterocycles. The summed E-state index contributed by atoms with van der Waals surface area (Å²) in [7, 11) is -4.35. The molecule has 0 unspecified atom stereocenters. The van der Waals surface area contributed by atoms with Gasteiger partial charge in [-0.2, -0.15) is 0 Å². The lowest BCUT2D eigenvalue weighted by molar-refractivity contribution is -0.141. The fraction of sp³-hybridized carbons (Fsp3) is 0.214. The van der Waals surface area contributed by atoms with Crippen LogP contribution in [0.15, 0.2) is 40.6 Å². The van der Waals surface area contributed by atoms with Gasteiger partial charge in [0.1, 0.15) is 4.90 Å². The molecule has 1 heterocycles. The zero-order valence-corrected chi connectivity index (χ0v) is 13.3. The number of thiophene rings is 1. The van der Waals surface area contributed by atoms with Crippen molar-refractivity contribution in [3.63, 3.8) is 0 Å². The Kier molecular flexibility index (Phi) is 5.45. The molecule has 0 bridgehead atoms. The summed E-state index contributed by atoms with van der Waals surface area (Å²) < 4.78 is 52.8. The molecule has 2 N–H and O–H groups in total. The summed E-state index contributed by atoms with van der Waals surface area (Å²) in [5.74, 6) is -4.98. The molecule has 0 saturated carbocycles. The molecule has 0 radical (unpaired) electrons. The van der Waals surface area contributed by atoms with Crippen molar-refractivity contribution in [2.45, 2.75) is 11.3 Å². The molecule has 0 aliphatic rings. The summed E-state index contributed by atoms with van der Waals surface area (Å²) in [5.41, 5.74) is 0.